The van der Waals surface area contributed by atoms with Gasteiger partial charge in [-0.3, -0.25) is 0 Å². The van der Waals surface area contributed by atoms with Gasteiger partial charge in [0.2, 0.25) is 0 Å². The summed E-state index contributed by atoms with van der Waals surface area (Å²) in [6.45, 7) is 1.95. The largest absolute Gasteiger partial charge is 0.396 e. The normalized spacial score (nSPS) is 28.7. The van der Waals surface area contributed by atoms with E-state index in [0.29, 0.717) is 25.0 Å². The van der Waals surface area contributed by atoms with Gasteiger partial charge in [0.05, 0.1) is 6.54 Å². The molecule has 1 fully saturated rings. The molecule has 1 aliphatic carbocycles. The van der Waals surface area contributed by atoms with Gasteiger partial charge in [0.25, 0.3) is 0 Å². The van der Waals surface area contributed by atoms with E-state index in [4.69, 9.17) is 11.5 Å². The fourth-order valence-corrected chi connectivity index (χ4v) is 1.95. The summed E-state index contributed by atoms with van der Waals surface area (Å²) in [5, 5.41) is 12.2. The summed E-state index contributed by atoms with van der Waals surface area (Å²) >= 11 is 0. The van der Waals surface area contributed by atoms with Crippen LogP contribution in [-0.2, 0) is 0 Å². The zero-order valence-corrected chi connectivity index (χ0v) is 7.42. The third kappa shape index (κ3) is 2.51. The van der Waals surface area contributed by atoms with Gasteiger partial charge in [-0.05, 0) is 31.2 Å². The first kappa shape index (κ1) is 9.57. The van der Waals surface area contributed by atoms with Gasteiger partial charge in [0.1, 0.15) is 0 Å². The van der Waals surface area contributed by atoms with Crippen molar-refractivity contribution in [3.05, 3.63) is 0 Å². The molecular formula is C10H17NO. The minimum Gasteiger partial charge on any atom is -0.396 e. The minimum absolute atomic E-state index is 0.336. The molecule has 2 atom stereocenters. The van der Waals surface area contributed by atoms with Crippen LogP contribution < -0.4 is 5.32 Å². The Kier molecular flexibility index (Phi) is 4.13. The van der Waals surface area contributed by atoms with Crippen molar-refractivity contribution >= 4 is 0 Å². The Morgan fingerprint density at radius 2 is 2.17 bits per heavy atom. The molecule has 0 heterocycles. The molecule has 0 bridgehead atoms. The molecule has 0 amide bonds. The van der Waals surface area contributed by atoms with Gasteiger partial charge in [-0.2, -0.15) is 0 Å². The van der Waals surface area contributed by atoms with E-state index in [1.54, 1.807) is 0 Å². The molecule has 0 aromatic carbocycles. The summed E-state index contributed by atoms with van der Waals surface area (Å²) in [7, 11) is 0. The van der Waals surface area contributed by atoms with Gasteiger partial charge in [-0.1, -0.05) is 12.3 Å². The molecule has 0 radical (unpaired) electrons. The summed E-state index contributed by atoms with van der Waals surface area (Å²) < 4.78 is 0. The van der Waals surface area contributed by atoms with Crippen LogP contribution in [0.25, 0.3) is 0 Å². The van der Waals surface area contributed by atoms with E-state index < -0.39 is 0 Å². The van der Waals surface area contributed by atoms with Crippen LogP contribution in [0.2, 0.25) is 0 Å². The Bertz CT molecular complexity index is 162. The SMILES string of the molecule is C#CCNCC1CCCC1CO. The van der Waals surface area contributed by atoms with Gasteiger partial charge in [-0.25, -0.2) is 0 Å². The van der Waals surface area contributed by atoms with Crippen molar-refractivity contribution in [2.75, 3.05) is 19.7 Å². The Balaban J connectivity index is 2.18. The van der Waals surface area contributed by atoms with Crippen molar-refractivity contribution in [2.24, 2.45) is 11.8 Å². The van der Waals surface area contributed by atoms with Crippen LogP contribution in [0.3, 0.4) is 0 Å². The second-order valence-electron chi connectivity index (χ2n) is 3.47. The average Bonchev–Trinajstić information content (AvgIpc) is 2.52. The highest BCUT2D eigenvalue weighted by atomic mass is 16.3. The summed E-state index contributed by atoms with van der Waals surface area (Å²) in [6.07, 6.45) is 8.79. The topological polar surface area (TPSA) is 32.3 Å². The molecule has 0 saturated heterocycles. The van der Waals surface area contributed by atoms with Crippen LogP contribution in [0.15, 0.2) is 0 Å². The van der Waals surface area contributed by atoms with Gasteiger partial charge < -0.3 is 10.4 Å². The van der Waals surface area contributed by atoms with Crippen LogP contribution in [0.4, 0.5) is 0 Å². The molecule has 1 saturated carbocycles. The molecule has 2 unspecified atom stereocenters. The monoisotopic (exact) mass is 167 g/mol. The van der Waals surface area contributed by atoms with Gasteiger partial charge in [0.15, 0.2) is 0 Å². The van der Waals surface area contributed by atoms with Crippen LogP contribution in [0.1, 0.15) is 19.3 Å². The highest BCUT2D eigenvalue weighted by Crippen LogP contribution is 2.30. The number of aliphatic hydroxyl groups excluding tert-OH is 1. The third-order valence-corrected chi connectivity index (χ3v) is 2.68. The Hall–Kier alpha value is -0.520. The van der Waals surface area contributed by atoms with Crippen molar-refractivity contribution in [3.63, 3.8) is 0 Å². The quantitative estimate of drug-likeness (QED) is 0.475. The van der Waals surface area contributed by atoms with Gasteiger partial charge in [0, 0.05) is 6.61 Å². The maximum absolute atomic E-state index is 9.02. The Labute approximate surface area is 74.4 Å². The van der Waals surface area contributed by atoms with Crippen LogP contribution in [0, 0.1) is 24.2 Å². The van der Waals surface area contributed by atoms with Crippen LogP contribution in [-0.4, -0.2) is 24.8 Å². The molecule has 0 spiro atoms. The predicted octanol–water partition coefficient (Wildman–Crippen LogP) is 0.618. The smallest absolute Gasteiger partial charge is 0.0573 e. The van der Waals surface area contributed by atoms with Crippen molar-refractivity contribution in [2.45, 2.75) is 19.3 Å². The lowest BCUT2D eigenvalue weighted by Gasteiger charge is -2.16. The molecule has 0 aromatic rings. The summed E-state index contributed by atoms with van der Waals surface area (Å²) in [4.78, 5) is 0. The van der Waals surface area contributed by atoms with E-state index in [1.165, 1.54) is 19.3 Å². The fraction of sp³-hybridized carbons (Fsp3) is 0.800. The lowest BCUT2D eigenvalue weighted by Crippen LogP contribution is -2.26. The van der Waals surface area contributed by atoms with E-state index in [0.717, 1.165) is 6.54 Å². The third-order valence-electron chi connectivity index (χ3n) is 2.68. The van der Waals surface area contributed by atoms with Gasteiger partial charge >= 0.3 is 0 Å². The van der Waals surface area contributed by atoms with Crippen molar-refractivity contribution in [1.82, 2.24) is 5.32 Å². The summed E-state index contributed by atoms with van der Waals surface area (Å²) in [5.41, 5.74) is 0. The zero-order chi connectivity index (χ0) is 8.81. The van der Waals surface area contributed by atoms with E-state index in [9.17, 15) is 0 Å². The van der Waals surface area contributed by atoms with Crippen molar-refractivity contribution < 1.29 is 5.11 Å². The number of aliphatic hydroxyl groups is 1. The zero-order valence-electron chi connectivity index (χ0n) is 7.42. The van der Waals surface area contributed by atoms with E-state index in [-0.39, 0.29) is 0 Å². The highest BCUT2D eigenvalue weighted by Gasteiger charge is 2.25. The molecule has 2 nitrogen and oxygen atoms in total. The van der Waals surface area contributed by atoms with Crippen LogP contribution in [0.5, 0.6) is 0 Å². The summed E-state index contributed by atoms with van der Waals surface area (Å²) in [5.74, 6) is 3.70. The van der Waals surface area contributed by atoms with E-state index >= 15 is 0 Å². The molecule has 68 valence electrons. The molecular weight excluding hydrogens is 150 g/mol. The molecule has 12 heavy (non-hydrogen) atoms. The number of rotatable bonds is 4. The molecule has 2 heteroatoms. The molecule has 0 aromatic heterocycles. The number of hydrogen-bond acceptors (Lipinski definition) is 2. The maximum Gasteiger partial charge on any atom is 0.0573 e. The first-order chi connectivity index (χ1) is 5.88. The predicted molar refractivity (Wildman–Crippen MR) is 49.6 cm³/mol. The van der Waals surface area contributed by atoms with Gasteiger partial charge in [-0.15, -0.1) is 6.42 Å². The first-order valence-electron chi connectivity index (χ1n) is 4.63. The molecule has 1 aliphatic rings. The second kappa shape index (κ2) is 5.18. The maximum atomic E-state index is 9.02. The average molecular weight is 167 g/mol. The van der Waals surface area contributed by atoms with E-state index in [2.05, 4.69) is 11.2 Å². The highest BCUT2D eigenvalue weighted by molar-refractivity contribution is 4.88. The standard InChI is InChI=1S/C10H17NO/c1-2-6-11-7-9-4-3-5-10(9)8-12/h1,9-12H,3-8H2. The van der Waals surface area contributed by atoms with Crippen molar-refractivity contribution in [3.8, 4) is 12.3 Å². The first-order valence-corrected chi connectivity index (χ1v) is 4.63. The number of nitrogens with one attached hydrogen (secondary N) is 1. The Morgan fingerprint density at radius 1 is 1.42 bits per heavy atom. The van der Waals surface area contributed by atoms with Crippen LogP contribution >= 0.6 is 0 Å². The van der Waals surface area contributed by atoms with Crippen molar-refractivity contribution in [1.29, 1.82) is 0 Å². The fourth-order valence-electron chi connectivity index (χ4n) is 1.95. The van der Waals surface area contributed by atoms with E-state index in [1.807, 2.05) is 0 Å². The summed E-state index contributed by atoms with van der Waals surface area (Å²) in [6, 6.07) is 0. The minimum atomic E-state index is 0.336. The number of terminal acetylenes is 1. The molecule has 0 aliphatic heterocycles. The lowest BCUT2D eigenvalue weighted by molar-refractivity contribution is 0.193. The second-order valence-corrected chi connectivity index (χ2v) is 3.47. The molecule has 1 rings (SSSR count). The Morgan fingerprint density at radius 3 is 2.83 bits per heavy atom. The number of hydrogen-bond donors (Lipinski definition) is 2. The molecule has 2 N–H and O–H groups in total. The lowest BCUT2D eigenvalue weighted by atomic mass is 9.97.